The van der Waals surface area contributed by atoms with Gasteiger partial charge in [0.05, 0.1) is 18.8 Å². The first kappa shape index (κ1) is 19.6. The quantitative estimate of drug-likeness (QED) is 0.174. The Kier molecular flexibility index (Phi) is 11.8. The number of amides is 1. The van der Waals surface area contributed by atoms with Gasteiger partial charge in [-0.05, 0) is 20.3 Å². The van der Waals surface area contributed by atoms with Gasteiger partial charge in [-0.25, -0.2) is 15.4 Å². The lowest BCUT2D eigenvalue weighted by Gasteiger charge is -2.12. The van der Waals surface area contributed by atoms with Crippen LogP contribution in [0.4, 0.5) is 0 Å². The molecule has 0 heterocycles. The second kappa shape index (κ2) is 11.4. The van der Waals surface area contributed by atoms with Gasteiger partial charge in [0.25, 0.3) is 0 Å². The second-order valence-corrected chi connectivity index (χ2v) is 3.75. The van der Waals surface area contributed by atoms with Crippen LogP contribution in [0.5, 0.6) is 0 Å². The summed E-state index contributed by atoms with van der Waals surface area (Å²) in [5, 5.41) is 24.1. The first-order chi connectivity index (χ1) is 8.70. The molecule has 1 atom stereocenters. The van der Waals surface area contributed by atoms with Crippen LogP contribution in [0.3, 0.4) is 0 Å². The second-order valence-electron chi connectivity index (χ2n) is 3.75. The summed E-state index contributed by atoms with van der Waals surface area (Å²) in [7, 11) is 0. The molecule has 0 aromatic heterocycles. The molecule has 0 rings (SSSR count). The number of hydrazine groups is 1. The van der Waals surface area contributed by atoms with Crippen LogP contribution in [0.2, 0.25) is 0 Å². The largest absolute Gasteiger partial charge is 0.473 e. The van der Waals surface area contributed by atoms with Gasteiger partial charge in [-0.1, -0.05) is 0 Å². The molecule has 0 saturated carbocycles. The van der Waals surface area contributed by atoms with Gasteiger partial charge < -0.3 is 20.1 Å². The Balaban J connectivity index is 0. The molecule has 0 aliphatic heterocycles. The van der Waals surface area contributed by atoms with Crippen LogP contribution >= 0.6 is 0 Å². The van der Waals surface area contributed by atoms with Crippen molar-refractivity contribution in [1.82, 2.24) is 5.43 Å². The summed E-state index contributed by atoms with van der Waals surface area (Å²) >= 11 is 0. The smallest absolute Gasteiger partial charge is 0.414 e. The minimum Gasteiger partial charge on any atom is -0.473 e. The lowest BCUT2D eigenvalue weighted by molar-refractivity contribution is -0.159. The first-order valence-electron chi connectivity index (χ1n) is 5.46. The van der Waals surface area contributed by atoms with Crippen molar-refractivity contribution in [3.05, 3.63) is 0 Å². The molecule has 6 N–H and O–H groups in total. The van der Waals surface area contributed by atoms with Crippen LogP contribution in [-0.2, 0) is 19.1 Å². The van der Waals surface area contributed by atoms with Crippen molar-refractivity contribution in [1.29, 1.82) is 0 Å². The molecule has 1 amide bonds. The fraction of sp³-hybridized carbons (Fsp3) is 0.700. The zero-order chi connectivity index (χ0) is 15.4. The summed E-state index contributed by atoms with van der Waals surface area (Å²) in [6, 6.07) is 0. The Bertz CT molecular complexity index is 282. The molecular formula is C10H20N2O7. The van der Waals surface area contributed by atoms with Crippen molar-refractivity contribution in [3.8, 4) is 0 Å². The highest BCUT2D eigenvalue weighted by atomic mass is 16.5. The number of ether oxygens (including phenoxy) is 1. The molecule has 19 heavy (non-hydrogen) atoms. The summed E-state index contributed by atoms with van der Waals surface area (Å²) in [5.74, 6) is 0.945. The number of carbonyl (C=O) groups excluding carboxylic acids is 1. The zero-order valence-electron chi connectivity index (χ0n) is 10.8. The number of aliphatic hydroxyl groups is 1. The topological polar surface area (TPSA) is 159 Å². The maximum Gasteiger partial charge on any atom is 0.414 e. The molecule has 9 nitrogen and oxygen atoms in total. The summed E-state index contributed by atoms with van der Waals surface area (Å²) in [6.07, 6.45) is 0.0900. The van der Waals surface area contributed by atoms with Crippen LogP contribution in [0.25, 0.3) is 0 Å². The summed E-state index contributed by atoms with van der Waals surface area (Å²) in [4.78, 5) is 28.9. The van der Waals surface area contributed by atoms with Crippen molar-refractivity contribution in [2.45, 2.75) is 38.9 Å². The molecule has 0 bridgehead atoms. The SMILES string of the molecule is CC(C)OCC(O)CCC(=O)NN.O=C(O)C(=O)O. The van der Waals surface area contributed by atoms with Crippen molar-refractivity contribution < 1.29 is 34.4 Å². The van der Waals surface area contributed by atoms with Gasteiger partial charge in [0.2, 0.25) is 5.91 Å². The number of carbonyl (C=O) groups is 3. The lowest BCUT2D eigenvalue weighted by Crippen LogP contribution is -2.31. The third-order valence-corrected chi connectivity index (χ3v) is 1.67. The van der Waals surface area contributed by atoms with Crippen LogP contribution in [-0.4, -0.2) is 52.0 Å². The van der Waals surface area contributed by atoms with E-state index in [9.17, 15) is 9.90 Å². The van der Waals surface area contributed by atoms with Crippen LogP contribution < -0.4 is 11.3 Å². The zero-order valence-corrected chi connectivity index (χ0v) is 10.8. The minimum absolute atomic E-state index is 0.0954. The summed E-state index contributed by atoms with van der Waals surface area (Å²) in [5.41, 5.74) is 1.99. The van der Waals surface area contributed by atoms with Crippen molar-refractivity contribution in [2.24, 2.45) is 5.84 Å². The van der Waals surface area contributed by atoms with Crippen molar-refractivity contribution in [2.75, 3.05) is 6.61 Å². The van der Waals surface area contributed by atoms with E-state index in [4.69, 9.17) is 30.4 Å². The number of hydrogen-bond donors (Lipinski definition) is 5. The number of rotatable bonds is 6. The molecule has 9 heteroatoms. The number of aliphatic carboxylic acids is 2. The lowest BCUT2D eigenvalue weighted by atomic mass is 10.2. The number of nitrogens with one attached hydrogen (secondary N) is 1. The van der Waals surface area contributed by atoms with Crippen molar-refractivity contribution in [3.63, 3.8) is 0 Å². The third-order valence-electron chi connectivity index (χ3n) is 1.67. The highest BCUT2D eigenvalue weighted by molar-refractivity contribution is 6.27. The number of aliphatic hydroxyl groups excluding tert-OH is 1. The number of hydrogen-bond acceptors (Lipinski definition) is 6. The molecule has 0 aromatic carbocycles. The Morgan fingerprint density at radius 1 is 1.21 bits per heavy atom. The molecule has 0 fully saturated rings. The van der Waals surface area contributed by atoms with Crippen LogP contribution in [0, 0.1) is 0 Å². The summed E-state index contributed by atoms with van der Waals surface area (Å²) in [6.45, 7) is 4.04. The molecule has 112 valence electrons. The molecule has 0 spiro atoms. The highest BCUT2D eigenvalue weighted by Gasteiger charge is 2.08. The van der Waals surface area contributed by atoms with E-state index >= 15 is 0 Å². The molecule has 0 aromatic rings. The predicted octanol–water partition coefficient (Wildman–Crippen LogP) is -1.30. The Labute approximate surface area is 110 Å². The molecule has 0 saturated heterocycles. The maximum atomic E-state index is 10.7. The van der Waals surface area contributed by atoms with Gasteiger partial charge in [-0.2, -0.15) is 0 Å². The Morgan fingerprint density at radius 2 is 1.68 bits per heavy atom. The predicted molar refractivity (Wildman–Crippen MR) is 63.9 cm³/mol. The molecule has 0 aliphatic carbocycles. The Morgan fingerprint density at radius 3 is 2.00 bits per heavy atom. The first-order valence-corrected chi connectivity index (χ1v) is 5.46. The van der Waals surface area contributed by atoms with Gasteiger partial charge in [-0.15, -0.1) is 0 Å². The van der Waals surface area contributed by atoms with Gasteiger partial charge >= 0.3 is 11.9 Å². The van der Waals surface area contributed by atoms with E-state index in [2.05, 4.69) is 0 Å². The highest BCUT2D eigenvalue weighted by Crippen LogP contribution is 1.99. The van der Waals surface area contributed by atoms with Gasteiger partial charge in [0.15, 0.2) is 0 Å². The standard InChI is InChI=1S/C8H18N2O3.C2H2O4/c1-6(2)13-5-7(11)3-4-8(12)10-9;3-1(4)2(5)6/h6-7,11H,3-5,9H2,1-2H3,(H,10,12);(H,3,4)(H,5,6). The van der Waals surface area contributed by atoms with E-state index < -0.39 is 18.0 Å². The monoisotopic (exact) mass is 280 g/mol. The van der Waals surface area contributed by atoms with E-state index in [0.29, 0.717) is 6.42 Å². The number of carboxylic acid groups (broad SMARTS) is 2. The van der Waals surface area contributed by atoms with Crippen LogP contribution in [0.15, 0.2) is 0 Å². The van der Waals surface area contributed by atoms with Gasteiger partial charge in [0.1, 0.15) is 0 Å². The van der Waals surface area contributed by atoms with E-state index in [-0.39, 0.29) is 25.0 Å². The summed E-state index contributed by atoms with van der Waals surface area (Å²) < 4.78 is 5.16. The van der Waals surface area contributed by atoms with Crippen LogP contribution in [0.1, 0.15) is 26.7 Å². The maximum absolute atomic E-state index is 10.7. The molecule has 1 unspecified atom stereocenters. The number of carboxylic acids is 2. The van der Waals surface area contributed by atoms with E-state index in [1.807, 2.05) is 19.3 Å². The molecular weight excluding hydrogens is 260 g/mol. The van der Waals surface area contributed by atoms with E-state index in [1.165, 1.54) is 0 Å². The molecule has 0 radical (unpaired) electrons. The van der Waals surface area contributed by atoms with Crippen molar-refractivity contribution >= 4 is 17.8 Å². The fourth-order valence-corrected chi connectivity index (χ4v) is 0.757. The average Bonchev–Trinajstić information content (AvgIpc) is 2.33. The van der Waals surface area contributed by atoms with E-state index in [0.717, 1.165) is 0 Å². The minimum atomic E-state index is -1.82. The fourth-order valence-electron chi connectivity index (χ4n) is 0.757. The van der Waals surface area contributed by atoms with E-state index in [1.54, 1.807) is 0 Å². The average molecular weight is 280 g/mol. The van der Waals surface area contributed by atoms with Gasteiger partial charge in [0, 0.05) is 6.42 Å². The Hall–Kier alpha value is -1.71. The number of nitrogens with two attached hydrogens (primary N) is 1. The normalized spacial score (nSPS) is 11.2. The molecule has 0 aliphatic rings. The third kappa shape index (κ3) is 16.3. The van der Waals surface area contributed by atoms with Gasteiger partial charge in [-0.3, -0.25) is 10.2 Å².